The van der Waals surface area contributed by atoms with E-state index < -0.39 is 0 Å². The second-order valence-corrected chi connectivity index (χ2v) is 4.22. The van der Waals surface area contributed by atoms with E-state index >= 15 is 0 Å². The number of hydrogen-bond donors (Lipinski definition) is 0. The smallest absolute Gasteiger partial charge is 0.175 e. The molecule has 2 bridgehead atoms. The van der Waals surface area contributed by atoms with Gasteiger partial charge in [0.05, 0.1) is 19.8 Å². The van der Waals surface area contributed by atoms with Gasteiger partial charge in [0.15, 0.2) is 6.29 Å². The lowest BCUT2D eigenvalue weighted by atomic mass is 10.2. The van der Waals surface area contributed by atoms with Crippen molar-refractivity contribution in [3.63, 3.8) is 0 Å². The minimum Gasteiger partial charge on any atom is -0.349 e. The van der Waals surface area contributed by atoms with Gasteiger partial charge in [-0.15, -0.1) is 0 Å². The Bertz CT molecular complexity index is 423. The first kappa shape index (κ1) is 13.2. The average molecular weight is 251 g/mol. The second kappa shape index (κ2) is 5.63. The largest absolute Gasteiger partial charge is 0.349 e. The summed E-state index contributed by atoms with van der Waals surface area (Å²) in [6.07, 6.45) is -0.123. The number of nitrogens with zero attached hydrogens (tertiary/aromatic N) is 3. The number of aromatic nitrogens is 2. The first-order valence-electron chi connectivity index (χ1n) is 6.56. The number of morpholine rings is 1. The molecule has 2 aliphatic heterocycles. The third-order valence-corrected chi connectivity index (χ3v) is 3.05. The molecule has 2 aliphatic rings. The molecule has 5 nitrogen and oxygen atoms in total. The van der Waals surface area contributed by atoms with E-state index in [9.17, 15) is 0 Å². The van der Waals surface area contributed by atoms with Crippen molar-refractivity contribution in [3.8, 4) is 0 Å². The quantitative estimate of drug-likeness (QED) is 0.704. The highest BCUT2D eigenvalue weighted by Gasteiger charge is 2.28. The third-order valence-electron chi connectivity index (χ3n) is 3.05. The molecule has 0 aliphatic carbocycles. The van der Waals surface area contributed by atoms with Crippen LogP contribution in [0, 0.1) is 13.8 Å². The van der Waals surface area contributed by atoms with Gasteiger partial charge in [-0.3, -0.25) is 0 Å². The summed E-state index contributed by atoms with van der Waals surface area (Å²) in [7, 11) is 0. The lowest BCUT2D eigenvalue weighted by Crippen LogP contribution is -2.42. The average Bonchev–Trinajstić information content (AvgIpc) is 2.50. The predicted octanol–water partition coefficient (Wildman–Crippen LogP) is 1.81. The molecule has 0 spiro atoms. The summed E-state index contributed by atoms with van der Waals surface area (Å²) in [5.41, 5.74) is 2.11. The lowest BCUT2D eigenvalue weighted by molar-refractivity contribution is -0.149. The number of rotatable bonds is 0. The zero-order valence-electron chi connectivity index (χ0n) is 11.6. The number of anilines is 1. The van der Waals surface area contributed by atoms with Crippen LogP contribution in [-0.4, -0.2) is 36.0 Å². The van der Waals surface area contributed by atoms with Gasteiger partial charge in [-0.25, -0.2) is 9.97 Å². The minimum absolute atomic E-state index is 0.123. The molecular formula is C13H21N3O2. The van der Waals surface area contributed by atoms with E-state index in [0.29, 0.717) is 13.2 Å². The minimum atomic E-state index is -0.123. The van der Waals surface area contributed by atoms with Crippen LogP contribution < -0.4 is 4.90 Å². The fourth-order valence-corrected chi connectivity index (χ4v) is 2.24. The Labute approximate surface area is 108 Å². The van der Waals surface area contributed by atoms with Crippen molar-refractivity contribution in [1.82, 2.24) is 9.97 Å². The Balaban J connectivity index is 0.000000574. The Morgan fingerprint density at radius 3 is 2.72 bits per heavy atom. The molecule has 3 rings (SSSR count). The van der Waals surface area contributed by atoms with Crippen LogP contribution in [0.5, 0.6) is 0 Å². The molecular weight excluding hydrogens is 230 g/mol. The van der Waals surface area contributed by atoms with Gasteiger partial charge in [0.25, 0.3) is 0 Å². The molecule has 0 aromatic carbocycles. The summed E-state index contributed by atoms with van der Waals surface area (Å²) in [4.78, 5) is 11.2. The lowest BCUT2D eigenvalue weighted by Gasteiger charge is -2.31. The van der Waals surface area contributed by atoms with E-state index in [0.717, 1.165) is 36.0 Å². The van der Waals surface area contributed by atoms with Gasteiger partial charge in [-0.1, -0.05) is 13.8 Å². The molecule has 100 valence electrons. The van der Waals surface area contributed by atoms with E-state index in [1.807, 2.05) is 27.7 Å². The Hall–Kier alpha value is -1.20. The Morgan fingerprint density at radius 1 is 1.17 bits per heavy atom. The monoisotopic (exact) mass is 251 g/mol. The molecule has 0 N–H and O–H groups in total. The molecule has 0 amide bonds. The van der Waals surface area contributed by atoms with Crippen LogP contribution in [0.4, 0.5) is 5.82 Å². The van der Waals surface area contributed by atoms with Crippen LogP contribution in [0.3, 0.4) is 0 Å². The first-order chi connectivity index (χ1) is 8.74. The highest BCUT2D eigenvalue weighted by Crippen LogP contribution is 2.27. The fraction of sp³-hybridized carbons (Fsp3) is 0.692. The van der Waals surface area contributed by atoms with E-state index in [4.69, 9.17) is 9.47 Å². The molecule has 1 aromatic heterocycles. The summed E-state index contributed by atoms with van der Waals surface area (Å²) >= 11 is 0. The molecule has 5 heteroatoms. The summed E-state index contributed by atoms with van der Waals surface area (Å²) in [6, 6.07) is 0. The molecule has 1 saturated heterocycles. The maximum absolute atomic E-state index is 5.68. The van der Waals surface area contributed by atoms with Gasteiger partial charge in [0.2, 0.25) is 0 Å². The van der Waals surface area contributed by atoms with Crippen molar-refractivity contribution in [2.75, 3.05) is 24.6 Å². The molecule has 1 atom stereocenters. The highest BCUT2D eigenvalue weighted by atomic mass is 16.7. The molecule has 18 heavy (non-hydrogen) atoms. The van der Waals surface area contributed by atoms with Crippen molar-refractivity contribution in [2.24, 2.45) is 0 Å². The summed E-state index contributed by atoms with van der Waals surface area (Å²) in [5.74, 6) is 1.84. The van der Waals surface area contributed by atoms with Crippen LogP contribution in [0.15, 0.2) is 0 Å². The second-order valence-electron chi connectivity index (χ2n) is 4.22. The first-order valence-corrected chi connectivity index (χ1v) is 6.56. The van der Waals surface area contributed by atoms with Crippen LogP contribution >= 0.6 is 0 Å². The van der Waals surface area contributed by atoms with E-state index in [2.05, 4.69) is 14.9 Å². The van der Waals surface area contributed by atoms with E-state index in [1.54, 1.807) is 0 Å². The van der Waals surface area contributed by atoms with Crippen molar-refractivity contribution in [2.45, 2.75) is 40.6 Å². The zero-order valence-corrected chi connectivity index (χ0v) is 11.6. The van der Waals surface area contributed by atoms with Crippen LogP contribution in [0.25, 0.3) is 0 Å². The maximum atomic E-state index is 5.68. The Kier molecular flexibility index (Phi) is 4.14. The Morgan fingerprint density at radius 2 is 1.94 bits per heavy atom. The number of aryl methyl sites for hydroxylation is 2. The SMILES string of the molecule is CC.Cc1nc(C)c2c(n1)N1CCOC(C1)OC2. The van der Waals surface area contributed by atoms with Gasteiger partial charge in [-0.2, -0.15) is 0 Å². The normalized spacial score (nSPS) is 21.6. The van der Waals surface area contributed by atoms with Gasteiger partial charge < -0.3 is 14.4 Å². The molecule has 3 heterocycles. The highest BCUT2D eigenvalue weighted by molar-refractivity contribution is 5.49. The third kappa shape index (κ3) is 2.47. The van der Waals surface area contributed by atoms with E-state index in [1.165, 1.54) is 0 Å². The van der Waals surface area contributed by atoms with Crippen molar-refractivity contribution >= 4 is 5.82 Å². The summed E-state index contributed by atoms with van der Waals surface area (Å²) in [6.45, 7) is 10.8. The maximum Gasteiger partial charge on any atom is 0.175 e. The molecule has 1 fully saturated rings. The standard InChI is InChI=1S/C11H15N3O2.C2H6/c1-7-9-6-16-10-5-14(3-4-15-10)11(9)13-8(2)12-7;1-2/h10H,3-6H2,1-2H3;1-2H3. The van der Waals surface area contributed by atoms with Gasteiger partial charge in [-0.05, 0) is 13.8 Å². The van der Waals surface area contributed by atoms with E-state index in [-0.39, 0.29) is 6.29 Å². The molecule has 1 aromatic rings. The topological polar surface area (TPSA) is 47.5 Å². The van der Waals surface area contributed by atoms with Gasteiger partial charge >= 0.3 is 0 Å². The summed E-state index contributed by atoms with van der Waals surface area (Å²) in [5, 5.41) is 0. The molecule has 0 saturated carbocycles. The number of fused-ring (bicyclic) bond motifs is 4. The molecule has 0 radical (unpaired) electrons. The van der Waals surface area contributed by atoms with Crippen LogP contribution in [-0.2, 0) is 16.1 Å². The van der Waals surface area contributed by atoms with Gasteiger partial charge in [0, 0.05) is 17.8 Å². The number of hydrogen-bond acceptors (Lipinski definition) is 5. The zero-order chi connectivity index (χ0) is 13.1. The van der Waals surface area contributed by atoms with Crippen LogP contribution in [0.1, 0.15) is 30.9 Å². The summed E-state index contributed by atoms with van der Waals surface area (Å²) < 4.78 is 11.2. The van der Waals surface area contributed by atoms with Gasteiger partial charge in [0.1, 0.15) is 11.6 Å². The van der Waals surface area contributed by atoms with Crippen LogP contribution in [0.2, 0.25) is 0 Å². The predicted molar refractivity (Wildman–Crippen MR) is 69.6 cm³/mol. The van der Waals surface area contributed by atoms with Crippen molar-refractivity contribution < 1.29 is 9.47 Å². The fourth-order valence-electron chi connectivity index (χ4n) is 2.24. The van der Waals surface area contributed by atoms with Crippen molar-refractivity contribution in [1.29, 1.82) is 0 Å². The number of ether oxygens (including phenoxy) is 2. The molecule has 1 unspecified atom stereocenters. The van der Waals surface area contributed by atoms with Crippen molar-refractivity contribution in [3.05, 3.63) is 17.1 Å².